The summed E-state index contributed by atoms with van der Waals surface area (Å²) < 4.78 is 56.7. The molecule has 8 nitrogen and oxygen atoms in total. The Morgan fingerprint density at radius 1 is 1.00 bits per heavy atom. The quantitative estimate of drug-likeness (QED) is 0.190. The molecule has 0 spiro atoms. The maximum absolute atomic E-state index is 12.6. The predicted molar refractivity (Wildman–Crippen MR) is 51.4 cm³/mol. The van der Waals surface area contributed by atoms with Crippen molar-refractivity contribution in [2.24, 2.45) is 0 Å². The van der Waals surface area contributed by atoms with Crippen molar-refractivity contribution in [1.82, 2.24) is 0 Å². The molecule has 110 valence electrons. The van der Waals surface area contributed by atoms with Gasteiger partial charge in [-0.15, -0.1) is 0 Å². The van der Waals surface area contributed by atoms with Crippen molar-refractivity contribution in [3.8, 4) is 0 Å². The molecule has 0 rings (SSSR count). The van der Waals surface area contributed by atoms with Gasteiger partial charge in [-0.2, -0.15) is 0 Å². The first-order chi connectivity index (χ1) is 7.74. The summed E-state index contributed by atoms with van der Waals surface area (Å²) in [5, 5.41) is 15.8. The molecule has 1 atom stereocenters. The summed E-state index contributed by atoms with van der Waals surface area (Å²) in [5.41, 5.74) is -4.60. The van der Waals surface area contributed by atoms with Crippen molar-refractivity contribution in [3.05, 3.63) is 0 Å². The number of rotatable bonds is 4. The van der Waals surface area contributed by atoms with Gasteiger partial charge >= 0.3 is 44.3 Å². The second-order valence-electron chi connectivity index (χ2n) is 2.57. The molecule has 0 amide bonds. The second kappa shape index (κ2) is 8.52. The topological polar surface area (TPSA) is 152 Å². The molecule has 0 bridgehead atoms. The van der Waals surface area contributed by atoms with E-state index in [1.807, 2.05) is 0 Å². The molecular formula is C5H8F4LiO8P. The first kappa shape index (κ1) is 23.5. The zero-order valence-electron chi connectivity index (χ0n) is 8.07. The Morgan fingerprint density at radius 2 is 1.21 bits per heavy atom. The molecule has 0 radical (unpaired) electrons. The van der Waals surface area contributed by atoms with Crippen LogP contribution in [0.15, 0.2) is 0 Å². The van der Waals surface area contributed by atoms with E-state index in [0.29, 0.717) is 0 Å². The van der Waals surface area contributed by atoms with E-state index in [0.717, 1.165) is 0 Å². The zero-order valence-corrected chi connectivity index (χ0v) is 8.97. The summed E-state index contributed by atoms with van der Waals surface area (Å²) in [4.78, 5) is 41.3. The third-order valence-electron chi connectivity index (χ3n) is 1.22. The van der Waals surface area contributed by atoms with Crippen LogP contribution in [0.25, 0.3) is 0 Å². The fraction of sp³-hybridized carbons (Fsp3) is 0.600. The SMILES string of the molecule is O=C(O)C(F)(C(=O)O)C(F)C(F)F.O=P(O)(O)O.[LiH]. The van der Waals surface area contributed by atoms with E-state index < -0.39 is 38.0 Å². The van der Waals surface area contributed by atoms with Gasteiger partial charge in [0.1, 0.15) is 0 Å². The summed E-state index contributed by atoms with van der Waals surface area (Å²) in [6.07, 6.45) is -7.92. The van der Waals surface area contributed by atoms with Crippen molar-refractivity contribution >= 4 is 38.6 Å². The van der Waals surface area contributed by atoms with Gasteiger partial charge in [0.15, 0.2) is 0 Å². The van der Waals surface area contributed by atoms with E-state index in [4.69, 9.17) is 29.5 Å². The van der Waals surface area contributed by atoms with Crippen LogP contribution in [-0.2, 0) is 14.2 Å². The molecule has 19 heavy (non-hydrogen) atoms. The Balaban J connectivity index is -0.000000366. The van der Waals surface area contributed by atoms with Crippen molar-refractivity contribution in [1.29, 1.82) is 0 Å². The molecule has 0 aromatic heterocycles. The molecule has 5 N–H and O–H groups in total. The van der Waals surface area contributed by atoms with Crippen molar-refractivity contribution < 1.29 is 56.6 Å². The van der Waals surface area contributed by atoms with Gasteiger partial charge in [-0.25, -0.2) is 31.7 Å². The fourth-order valence-electron chi connectivity index (χ4n) is 0.501. The molecular weight excluding hydrogens is 302 g/mol. The normalized spacial score (nSPS) is 12.8. The number of hydrogen-bond acceptors (Lipinski definition) is 3. The molecule has 0 heterocycles. The van der Waals surface area contributed by atoms with Crippen LogP contribution >= 0.6 is 7.82 Å². The van der Waals surface area contributed by atoms with E-state index in [9.17, 15) is 27.2 Å². The van der Waals surface area contributed by atoms with E-state index in [-0.39, 0.29) is 18.9 Å². The van der Waals surface area contributed by atoms with Crippen LogP contribution in [0.5, 0.6) is 0 Å². The van der Waals surface area contributed by atoms with Gasteiger partial charge in [0.2, 0.25) is 6.17 Å². The molecule has 0 aromatic rings. The van der Waals surface area contributed by atoms with Crippen LogP contribution in [0.3, 0.4) is 0 Å². The Kier molecular flexibility index (Phi) is 10.5. The van der Waals surface area contributed by atoms with Gasteiger partial charge in [-0.3, -0.25) is 0 Å². The molecule has 0 fully saturated rings. The minimum absolute atomic E-state index is 0. The monoisotopic (exact) mass is 310 g/mol. The van der Waals surface area contributed by atoms with Gasteiger partial charge in [0.25, 0.3) is 6.43 Å². The van der Waals surface area contributed by atoms with Crippen molar-refractivity contribution in [2.75, 3.05) is 0 Å². The maximum atomic E-state index is 12.6. The third kappa shape index (κ3) is 8.98. The van der Waals surface area contributed by atoms with Gasteiger partial charge < -0.3 is 24.9 Å². The summed E-state index contributed by atoms with van der Waals surface area (Å²) >= 11 is 0. The van der Waals surface area contributed by atoms with Crippen LogP contribution in [0.1, 0.15) is 0 Å². The summed E-state index contributed by atoms with van der Waals surface area (Å²) in [6.45, 7) is 0. The van der Waals surface area contributed by atoms with E-state index >= 15 is 0 Å². The summed E-state index contributed by atoms with van der Waals surface area (Å²) in [6, 6.07) is 0. The number of alkyl halides is 4. The number of carboxylic acids is 2. The van der Waals surface area contributed by atoms with E-state index in [1.165, 1.54) is 0 Å². The van der Waals surface area contributed by atoms with Gasteiger partial charge in [-0.1, -0.05) is 0 Å². The number of phosphoric acid groups is 1. The van der Waals surface area contributed by atoms with Crippen molar-refractivity contribution in [2.45, 2.75) is 18.3 Å². The minimum atomic E-state index is -4.64. The fourth-order valence-corrected chi connectivity index (χ4v) is 0.501. The zero-order chi connectivity index (χ0) is 15.3. The molecule has 0 aliphatic carbocycles. The number of aliphatic carboxylic acids is 2. The predicted octanol–water partition coefficient (Wildman–Crippen LogP) is -1.11. The van der Waals surface area contributed by atoms with Crippen LogP contribution in [0.2, 0.25) is 0 Å². The van der Waals surface area contributed by atoms with Crippen LogP contribution < -0.4 is 0 Å². The molecule has 0 aliphatic heterocycles. The third-order valence-corrected chi connectivity index (χ3v) is 1.22. The van der Waals surface area contributed by atoms with Gasteiger partial charge in [0.05, 0.1) is 0 Å². The molecule has 14 heteroatoms. The Morgan fingerprint density at radius 3 is 1.26 bits per heavy atom. The van der Waals surface area contributed by atoms with Gasteiger partial charge in [-0.05, 0) is 0 Å². The first-order valence-electron chi connectivity index (χ1n) is 3.60. The Bertz CT molecular complexity index is 337. The first-order valence-corrected chi connectivity index (χ1v) is 5.17. The van der Waals surface area contributed by atoms with Crippen LogP contribution in [0.4, 0.5) is 17.6 Å². The molecule has 0 saturated carbocycles. The average molecular weight is 310 g/mol. The summed E-state index contributed by atoms with van der Waals surface area (Å²) in [7, 11) is -4.64. The van der Waals surface area contributed by atoms with E-state index in [1.54, 1.807) is 0 Å². The van der Waals surface area contributed by atoms with Crippen LogP contribution in [-0.4, -0.2) is 74.0 Å². The average Bonchev–Trinajstić information content (AvgIpc) is 2.11. The van der Waals surface area contributed by atoms with Crippen molar-refractivity contribution in [3.63, 3.8) is 0 Å². The number of hydrogen-bond donors (Lipinski definition) is 5. The second-order valence-corrected chi connectivity index (χ2v) is 3.60. The Hall–Kier alpha value is -0.633. The number of halogens is 4. The van der Waals surface area contributed by atoms with Gasteiger partial charge in [0, 0.05) is 0 Å². The summed E-state index contributed by atoms with van der Waals surface area (Å²) in [5.74, 6) is -5.60. The Labute approximate surface area is 114 Å². The molecule has 0 saturated heterocycles. The molecule has 0 aromatic carbocycles. The number of carboxylic acid groups (broad SMARTS) is 2. The van der Waals surface area contributed by atoms with Crippen LogP contribution in [0, 0.1) is 0 Å². The van der Waals surface area contributed by atoms with E-state index in [2.05, 4.69) is 0 Å². The number of carbonyl (C=O) groups is 2. The standard InChI is InChI=1S/C5H4F4O4.Li.H3O4P.H/c6-1(2(7)8)5(9,3(10)11)4(12)13;;1-5(2,3)4;/h1-2H,(H,10,11)(H,12,13);;(H3,1,2,3,4);. The molecule has 0 aliphatic rings. The molecule has 1 unspecified atom stereocenters.